The predicted octanol–water partition coefficient (Wildman–Crippen LogP) is 1.49. The Morgan fingerprint density at radius 2 is 2.40 bits per heavy atom. The number of pyridine rings is 1. The third kappa shape index (κ3) is 2.28. The summed E-state index contributed by atoms with van der Waals surface area (Å²) in [5, 5.41) is 3.61. The molecule has 15 heavy (non-hydrogen) atoms. The van der Waals surface area contributed by atoms with Gasteiger partial charge in [-0.05, 0) is 12.1 Å². The number of hydrogen-bond acceptors (Lipinski definition) is 5. The lowest BCUT2D eigenvalue weighted by molar-refractivity contribution is 0.269. The number of halogens is 1. The molecule has 0 amide bonds. The molecule has 2 aromatic rings. The van der Waals surface area contributed by atoms with E-state index in [2.05, 4.69) is 15.1 Å². The van der Waals surface area contributed by atoms with Crippen LogP contribution < -0.4 is 4.74 Å². The Morgan fingerprint density at radius 3 is 3.07 bits per heavy atom. The van der Waals surface area contributed by atoms with Crippen molar-refractivity contribution in [2.45, 2.75) is 13.5 Å². The van der Waals surface area contributed by atoms with Gasteiger partial charge in [-0.25, -0.2) is 4.98 Å². The molecule has 0 aromatic carbocycles. The van der Waals surface area contributed by atoms with Gasteiger partial charge < -0.3 is 9.26 Å². The fourth-order valence-corrected chi connectivity index (χ4v) is 1.02. The van der Waals surface area contributed by atoms with Crippen LogP contribution >= 0.6 is 0 Å². The van der Waals surface area contributed by atoms with Crippen molar-refractivity contribution in [1.82, 2.24) is 15.1 Å². The Bertz CT molecular complexity index is 458. The average molecular weight is 209 g/mol. The van der Waals surface area contributed by atoms with E-state index in [1.54, 1.807) is 13.0 Å². The van der Waals surface area contributed by atoms with E-state index in [0.29, 0.717) is 11.7 Å². The summed E-state index contributed by atoms with van der Waals surface area (Å²) in [4.78, 5) is 7.35. The quantitative estimate of drug-likeness (QED) is 0.716. The fraction of sp³-hybridized carbons (Fsp3) is 0.222. The zero-order chi connectivity index (χ0) is 10.7. The van der Waals surface area contributed by atoms with E-state index in [1.165, 1.54) is 12.3 Å². The molecule has 2 aromatic heterocycles. The monoisotopic (exact) mass is 209 g/mol. The van der Waals surface area contributed by atoms with Gasteiger partial charge in [0.25, 0.3) is 5.95 Å². The standard InChI is InChI=1S/C9H8FN3O2/c1-6-12-8(13-15-6)5-14-7-3-2-4-11-9(7)10/h2-4H,5H2,1H3. The Hall–Kier alpha value is -1.98. The molecule has 0 fully saturated rings. The van der Waals surface area contributed by atoms with Crippen molar-refractivity contribution in [1.29, 1.82) is 0 Å². The van der Waals surface area contributed by atoms with Gasteiger partial charge in [0.1, 0.15) is 0 Å². The topological polar surface area (TPSA) is 61.0 Å². The van der Waals surface area contributed by atoms with Crippen molar-refractivity contribution in [2.75, 3.05) is 0 Å². The van der Waals surface area contributed by atoms with Crippen molar-refractivity contribution in [3.8, 4) is 5.75 Å². The normalized spacial score (nSPS) is 10.3. The first kappa shape index (κ1) is 9.57. The number of nitrogens with zero attached hydrogens (tertiary/aromatic N) is 3. The molecule has 6 heteroatoms. The fourth-order valence-electron chi connectivity index (χ4n) is 1.02. The van der Waals surface area contributed by atoms with Crippen LogP contribution in [-0.4, -0.2) is 15.1 Å². The molecule has 0 aliphatic heterocycles. The smallest absolute Gasteiger partial charge is 0.255 e. The van der Waals surface area contributed by atoms with Gasteiger partial charge in [-0.3, -0.25) is 0 Å². The van der Waals surface area contributed by atoms with E-state index in [1.807, 2.05) is 0 Å². The second kappa shape index (κ2) is 4.04. The van der Waals surface area contributed by atoms with Crippen LogP contribution in [0.15, 0.2) is 22.9 Å². The van der Waals surface area contributed by atoms with Gasteiger partial charge >= 0.3 is 0 Å². The van der Waals surface area contributed by atoms with Crippen LogP contribution in [0.5, 0.6) is 5.75 Å². The van der Waals surface area contributed by atoms with Crippen LogP contribution in [0.4, 0.5) is 4.39 Å². The van der Waals surface area contributed by atoms with E-state index < -0.39 is 5.95 Å². The third-order valence-electron chi connectivity index (χ3n) is 1.65. The molecule has 2 rings (SSSR count). The van der Waals surface area contributed by atoms with Crippen LogP contribution in [0.2, 0.25) is 0 Å². The van der Waals surface area contributed by atoms with Gasteiger partial charge in [-0.1, -0.05) is 5.16 Å². The molecule has 78 valence electrons. The molecule has 0 saturated heterocycles. The third-order valence-corrected chi connectivity index (χ3v) is 1.65. The molecule has 0 radical (unpaired) electrons. The largest absolute Gasteiger partial charge is 0.481 e. The summed E-state index contributed by atoms with van der Waals surface area (Å²) in [6.07, 6.45) is 1.35. The first-order chi connectivity index (χ1) is 7.25. The van der Waals surface area contributed by atoms with Gasteiger partial charge in [0.15, 0.2) is 12.4 Å². The highest BCUT2D eigenvalue weighted by Crippen LogP contribution is 2.13. The van der Waals surface area contributed by atoms with Gasteiger partial charge in [0.05, 0.1) is 0 Å². The lowest BCUT2D eigenvalue weighted by Crippen LogP contribution is -2.00. The maximum Gasteiger partial charge on any atom is 0.255 e. The summed E-state index contributed by atoms with van der Waals surface area (Å²) >= 11 is 0. The van der Waals surface area contributed by atoms with Crippen molar-refractivity contribution < 1.29 is 13.7 Å². The van der Waals surface area contributed by atoms with Crippen LogP contribution in [0, 0.1) is 12.9 Å². The summed E-state index contributed by atoms with van der Waals surface area (Å²) in [6, 6.07) is 3.06. The minimum Gasteiger partial charge on any atom is -0.481 e. The molecule has 0 N–H and O–H groups in total. The van der Waals surface area contributed by atoms with Crippen molar-refractivity contribution in [3.05, 3.63) is 36.0 Å². The van der Waals surface area contributed by atoms with Crippen molar-refractivity contribution in [2.24, 2.45) is 0 Å². The minimum absolute atomic E-state index is 0.0555. The molecule has 0 aliphatic carbocycles. The Labute approximate surface area is 84.9 Å². The summed E-state index contributed by atoms with van der Waals surface area (Å²) in [5.41, 5.74) is 0. The highest BCUT2D eigenvalue weighted by atomic mass is 19.1. The minimum atomic E-state index is -0.655. The van der Waals surface area contributed by atoms with E-state index in [4.69, 9.17) is 9.26 Å². The molecule has 0 saturated carbocycles. The van der Waals surface area contributed by atoms with Crippen LogP contribution in [0.25, 0.3) is 0 Å². The SMILES string of the molecule is Cc1nc(COc2cccnc2F)no1. The predicted molar refractivity (Wildman–Crippen MR) is 47.6 cm³/mol. The number of aromatic nitrogens is 3. The van der Waals surface area contributed by atoms with Crippen LogP contribution in [0.1, 0.15) is 11.7 Å². The van der Waals surface area contributed by atoms with Gasteiger partial charge in [-0.15, -0.1) is 0 Å². The molecular weight excluding hydrogens is 201 g/mol. The highest BCUT2D eigenvalue weighted by molar-refractivity contribution is 5.17. The van der Waals surface area contributed by atoms with Crippen LogP contribution in [-0.2, 0) is 6.61 Å². The van der Waals surface area contributed by atoms with Crippen molar-refractivity contribution in [3.63, 3.8) is 0 Å². The van der Waals surface area contributed by atoms with E-state index >= 15 is 0 Å². The highest BCUT2D eigenvalue weighted by Gasteiger charge is 2.06. The number of ether oxygens (including phenoxy) is 1. The summed E-state index contributed by atoms with van der Waals surface area (Å²) in [7, 11) is 0. The summed E-state index contributed by atoms with van der Waals surface area (Å²) in [6.45, 7) is 1.72. The molecule has 0 bridgehead atoms. The van der Waals surface area contributed by atoms with Gasteiger partial charge in [0, 0.05) is 13.1 Å². The molecule has 5 nitrogen and oxygen atoms in total. The Kier molecular flexibility index (Phi) is 2.57. The lowest BCUT2D eigenvalue weighted by atomic mass is 10.4. The molecular formula is C9H8FN3O2. The summed E-state index contributed by atoms with van der Waals surface area (Å²) in [5.74, 6) is 0.230. The number of aryl methyl sites for hydroxylation is 1. The van der Waals surface area contributed by atoms with Crippen molar-refractivity contribution >= 4 is 0 Å². The number of rotatable bonds is 3. The molecule has 0 atom stereocenters. The molecule has 0 unspecified atom stereocenters. The second-order valence-electron chi connectivity index (χ2n) is 2.81. The maximum atomic E-state index is 13.0. The molecule has 0 spiro atoms. The van der Waals surface area contributed by atoms with Crippen LogP contribution in [0.3, 0.4) is 0 Å². The molecule has 0 aliphatic rings. The van der Waals surface area contributed by atoms with Gasteiger partial charge in [0.2, 0.25) is 11.7 Å². The summed E-state index contributed by atoms with van der Waals surface area (Å²) < 4.78 is 22.8. The Morgan fingerprint density at radius 1 is 1.53 bits per heavy atom. The molecule has 2 heterocycles. The van der Waals surface area contributed by atoms with E-state index in [-0.39, 0.29) is 12.4 Å². The second-order valence-corrected chi connectivity index (χ2v) is 2.81. The van der Waals surface area contributed by atoms with Gasteiger partial charge in [-0.2, -0.15) is 9.37 Å². The van der Waals surface area contributed by atoms with E-state index in [9.17, 15) is 4.39 Å². The van der Waals surface area contributed by atoms with E-state index in [0.717, 1.165) is 0 Å². The first-order valence-corrected chi connectivity index (χ1v) is 4.28. The maximum absolute atomic E-state index is 13.0. The zero-order valence-corrected chi connectivity index (χ0v) is 7.98. The zero-order valence-electron chi connectivity index (χ0n) is 7.98. The Balaban J connectivity index is 2.02. The lowest BCUT2D eigenvalue weighted by Gasteiger charge is -2.02. The average Bonchev–Trinajstić information content (AvgIpc) is 2.63. The number of hydrogen-bond donors (Lipinski definition) is 0. The first-order valence-electron chi connectivity index (χ1n) is 4.28.